The number of carbonyl (C=O) groups excluding carboxylic acids is 1. The van der Waals surface area contributed by atoms with Gasteiger partial charge in [-0.3, -0.25) is 9.69 Å². The molecule has 4 aromatic rings. The zero-order valence-electron chi connectivity index (χ0n) is 13.7. The molecule has 0 saturated carbocycles. The first kappa shape index (κ1) is 15.7. The minimum atomic E-state index is -0.592. The monoisotopic (exact) mass is 342 g/mol. The van der Waals surface area contributed by atoms with Gasteiger partial charge in [0.2, 0.25) is 0 Å². The average Bonchev–Trinajstić information content (AvgIpc) is 2.70. The lowest BCUT2D eigenvalue weighted by molar-refractivity contribution is 0.245. The lowest BCUT2D eigenvalue weighted by Gasteiger charge is -2.22. The number of aromatic nitrogens is 3. The molecule has 0 spiro atoms. The van der Waals surface area contributed by atoms with Gasteiger partial charge in [-0.05, 0) is 36.4 Å². The summed E-state index contributed by atoms with van der Waals surface area (Å²) in [5.74, 6) is 0. The van der Waals surface area contributed by atoms with E-state index >= 15 is 0 Å². The summed E-state index contributed by atoms with van der Waals surface area (Å²) in [7, 11) is 0. The van der Waals surface area contributed by atoms with Crippen LogP contribution in [0, 0.1) is 0 Å². The molecule has 1 aromatic heterocycles. The predicted molar refractivity (Wildman–Crippen MR) is 99.6 cm³/mol. The number of amides is 1. The van der Waals surface area contributed by atoms with Gasteiger partial charge in [-0.15, -0.1) is 9.78 Å². The van der Waals surface area contributed by atoms with Crippen LogP contribution in [0.25, 0.3) is 10.9 Å². The van der Waals surface area contributed by atoms with Crippen LogP contribution in [-0.2, 0) is 0 Å². The lowest BCUT2D eigenvalue weighted by atomic mass is 10.2. The standard InChI is InChI=1S/C20H14N4O2/c25-19-17-13-7-8-14-18(17)21-22-24(19)20(26)23(15-9-3-1-4-10-15)16-11-5-2-6-12-16/h1-14H. The van der Waals surface area contributed by atoms with E-state index in [1.54, 1.807) is 48.5 Å². The van der Waals surface area contributed by atoms with Crippen molar-refractivity contribution in [1.82, 2.24) is 15.0 Å². The molecule has 6 heteroatoms. The average molecular weight is 342 g/mol. The van der Waals surface area contributed by atoms with E-state index in [1.807, 2.05) is 36.4 Å². The summed E-state index contributed by atoms with van der Waals surface area (Å²) >= 11 is 0. The SMILES string of the molecule is O=C(N(c1ccccc1)c1ccccc1)n1nnc2ccccc2c1=O. The summed E-state index contributed by atoms with van der Waals surface area (Å²) in [5, 5.41) is 8.18. The maximum Gasteiger partial charge on any atom is 0.358 e. The molecule has 0 aliphatic carbocycles. The molecule has 4 rings (SSSR count). The van der Waals surface area contributed by atoms with Crippen LogP contribution in [0.5, 0.6) is 0 Å². The molecule has 126 valence electrons. The quantitative estimate of drug-likeness (QED) is 0.558. The van der Waals surface area contributed by atoms with Gasteiger partial charge in [-0.1, -0.05) is 53.7 Å². The Morgan fingerprint density at radius 2 is 1.31 bits per heavy atom. The van der Waals surface area contributed by atoms with Crippen molar-refractivity contribution in [3.63, 3.8) is 0 Å². The van der Waals surface area contributed by atoms with Gasteiger partial charge in [-0.2, -0.15) is 0 Å². The fourth-order valence-corrected chi connectivity index (χ4v) is 2.73. The molecule has 0 unspecified atom stereocenters. The van der Waals surface area contributed by atoms with Crippen LogP contribution in [0.15, 0.2) is 89.7 Å². The van der Waals surface area contributed by atoms with E-state index in [9.17, 15) is 9.59 Å². The minimum absolute atomic E-state index is 0.344. The molecule has 3 aromatic carbocycles. The summed E-state index contributed by atoms with van der Waals surface area (Å²) in [6.45, 7) is 0. The smallest absolute Gasteiger partial charge is 0.266 e. The largest absolute Gasteiger partial charge is 0.358 e. The van der Waals surface area contributed by atoms with E-state index in [1.165, 1.54) is 4.90 Å². The van der Waals surface area contributed by atoms with E-state index in [2.05, 4.69) is 10.3 Å². The third-order valence-electron chi connectivity index (χ3n) is 3.97. The van der Waals surface area contributed by atoms with Gasteiger partial charge < -0.3 is 0 Å². The summed E-state index contributed by atoms with van der Waals surface area (Å²) in [6.07, 6.45) is 0. The lowest BCUT2D eigenvalue weighted by Crippen LogP contribution is -2.39. The molecule has 1 heterocycles. The number of carbonyl (C=O) groups is 1. The van der Waals surface area contributed by atoms with Crippen molar-refractivity contribution in [3.8, 4) is 0 Å². The molecule has 1 amide bonds. The summed E-state index contributed by atoms with van der Waals surface area (Å²) < 4.78 is 0.794. The molecule has 0 atom stereocenters. The third-order valence-corrected chi connectivity index (χ3v) is 3.97. The molecule has 0 radical (unpaired) electrons. The molecule has 0 bridgehead atoms. The Morgan fingerprint density at radius 3 is 1.92 bits per heavy atom. The number of para-hydroxylation sites is 2. The van der Waals surface area contributed by atoms with E-state index in [0.717, 1.165) is 4.68 Å². The second-order valence-corrected chi connectivity index (χ2v) is 5.61. The fourth-order valence-electron chi connectivity index (χ4n) is 2.73. The zero-order valence-corrected chi connectivity index (χ0v) is 13.7. The van der Waals surface area contributed by atoms with Crippen molar-refractivity contribution in [2.24, 2.45) is 0 Å². The Hall–Kier alpha value is -3.80. The Kier molecular flexibility index (Phi) is 3.99. The van der Waals surface area contributed by atoms with Crippen LogP contribution in [0.1, 0.15) is 0 Å². The third kappa shape index (κ3) is 2.73. The molecule has 0 fully saturated rings. The van der Waals surface area contributed by atoms with Crippen LogP contribution in [0.4, 0.5) is 16.2 Å². The van der Waals surface area contributed by atoms with Gasteiger partial charge in [0.25, 0.3) is 5.56 Å². The highest BCUT2D eigenvalue weighted by molar-refractivity contribution is 6.00. The Bertz CT molecular complexity index is 1090. The first-order valence-corrected chi connectivity index (χ1v) is 8.05. The summed E-state index contributed by atoms with van der Waals surface area (Å²) in [4.78, 5) is 27.4. The van der Waals surface area contributed by atoms with Gasteiger partial charge >= 0.3 is 6.03 Å². The number of fused-ring (bicyclic) bond motifs is 1. The van der Waals surface area contributed by atoms with Crippen molar-refractivity contribution in [2.75, 3.05) is 4.90 Å². The van der Waals surface area contributed by atoms with Gasteiger partial charge in [0.05, 0.1) is 16.8 Å². The van der Waals surface area contributed by atoms with E-state index in [0.29, 0.717) is 22.3 Å². The zero-order chi connectivity index (χ0) is 17.9. The summed E-state index contributed by atoms with van der Waals surface area (Å²) in [6, 6.07) is 24.4. The number of hydrogen-bond donors (Lipinski definition) is 0. The predicted octanol–water partition coefficient (Wildman–Crippen LogP) is 3.60. The first-order chi connectivity index (χ1) is 12.8. The fraction of sp³-hybridized carbons (Fsp3) is 0. The molecule has 0 aliphatic rings. The van der Waals surface area contributed by atoms with Crippen molar-refractivity contribution < 1.29 is 4.79 Å². The van der Waals surface area contributed by atoms with Crippen LogP contribution < -0.4 is 10.5 Å². The van der Waals surface area contributed by atoms with Gasteiger partial charge in [0, 0.05) is 0 Å². The maximum atomic E-state index is 13.2. The highest BCUT2D eigenvalue weighted by Crippen LogP contribution is 2.25. The van der Waals surface area contributed by atoms with Crippen molar-refractivity contribution in [1.29, 1.82) is 0 Å². The second-order valence-electron chi connectivity index (χ2n) is 5.61. The Morgan fingerprint density at radius 1 is 0.769 bits per heavy atom. The maximum absolute atomic E-state index is 13.2. The summed E-state index contributed by atoms with van der Waals surface area (Å²) in [5.41, 5.74) is 1.21. The van der Waals surface area contributed by atoms with Crippen LogP contribution >= 0.6 is 0 Å². The number of hydrogen-bond acceptors (Lipinski definition) is 4. The Labute approximate surface area is 148 Å². The van der Waals surface area contributed by atoms with E-state index in [-0.39, 0.29) is 0 Å². The van der Waals surface area contributed by atoms with Gasteiger partial charge in [-0.25, -0.2) is 4.79 Å². The van der Waals surface area contributed by atoms with Crippen LogP contribution in [-0.4, -0.2) is 21.0 Å². The van der Waals surface area contributed by atoms with Crippen molar-refractivity contribution in [2.45, 2.75) is 0 Å². The highest BCUT2D eigenvalue weighted by atomic mass is 16.2. The second kappa shape index (κ2) is 6.60. The van der Waals surface area contributed by atoms with E-state index in [4.69, 9.17) is 0 Å². The number of benzene rings is 3. The molecular weight excluding hydrogens is 328 g/mol. The minimum Gasteiger partial charge on any atom is -0.266 e. The molecule has 0 saturated heterocycles. The normalized spacial score (nSPS) is 10.6. The first-order valence-electron chi connectivity index (χ1n) is 8.05. The number of anilines is 2. The molecule has 0 N–H and O–H groups in total. The van der Waals surface area contributed by atoms with Crippen molar-refractivity contribution >= 4 is 28.3 Å². The van der Waals surface area contributed by atoms with Gasteiger partial charge in [0.15, 0.2) is 0 Å². The van der Waals surface area contributed by atoms with Crippen LogP contribution in [0.2, 0.25) is 0 Å². The number of nitrogens with zero attached hydrogens (tertiary/aromatic N) is 4. The molecular formula is C20H14N4O2. The van der Waals surface area contributed by atoms with Crippen molar-refractivity contribution in [3.05, 3.63) is 95.3 Å². The number of rotatable bonds is 2. The Balaban J connectivity index is 1.88. The topological polar surface area (TPSA) is 68.1 Å². The van der Waals surface area contributed by atoms with Crippen LogP contribution in [0.3, 0.4) is 0 Å². The molecule has 6 nitrogen and oxygen atoms in total. The highest BCUT2D eigenvalue weighted by Gasteiger charge is 2.22. The molecule has 0 aliphatic heterocycles. The van der Waals surface area contributed by atoms with Gasteiger partial charge in [0.1, 0.15) is 5.52 Å². The van der Waals surface area contributed by atoms with E-state index < -0.39 is 11.6 Å². The molecule has 26 heavy (non-hydrogen) atoms.